The van der Waals surface area contributed by atoms with Crippen LogP contribution in [0.25, 0.3) is 5.69 Å². The number of methoxy groups -OCH3 is 1. The zero-order valence-electron chi connectivity index (χ0n) is 15.2. The average Bonchev–Trinajstić information content (AvgIpc) is 3.11. The van der Waals surface area contributed by atoms with Gasteiger partial charge in [0, 0.05) is 23.8 Å². The number of nitrogens with one attached hydrogen (secondary N) is 1. The fourth-order valence-electron chi connectivity index (χ4n) is 3.69. The van der Waals surface area contributed by atoms with Crippen molar-refractivity contribution < 1.29 is 14.2 Å². The fourth-order valence-corrected chi connectivity index (χ4v) is 3.69. The molecule has 1 atom stereocenters. The predicted molar refractivity (Wildman–Crippen MR) is 101 cm³/mol. The van der Waals surface area contributed by atoms with Crippen molar-refractivity contribution in [3.05, 3.63) is 71.3 Å². The fraction of sp³-hybridized carbons (Fsp3) is 0.286. The van der Waals surface area contributed by atoms with E-state index in [9.17, 15) is 9.50 Å². The molecule has 1 heterocycles. The average molecular weight is 367 g/mol. The number of aromatic hydroxyl groups is 1. The Hall–Kier alpha value is -2.86. The predicted octanol–water partition coefficient (Wildman–Crippen LogP) is 3.89. The van der Waals surface area contributed by atoms with Gasteiger partial charge in [0.2, 0.25) is 0 Å². The Kier molecular flexibility index (Phi) is 4.81. The summed E-state index contributed by atoms with van der Waals surface area (Å²) in [6.45, 7) is 0.618. The Labute approximate surface area is 157 Å². The lowest BCUT2D eigenvalue weighted by Crippen LogP contribution is -2.25. The lowest BCUT2D eigenvalue weighted by atomic mass is 9.92. The smallest absolute Gasteiger partial charge is 0.160 e. The molecule has 1 unspecified atom stereocenters. The Morgan fingerprint density at radius 3 is 2.93 bits per heavy atom. The standard InChI is InChI=1S/C21H22FN3O2/c1-27-21-10-9-14(11-20(21)26)12-23-17-6-4-8-18-15(17)13-24-25(18)19-7-3-2-5-16(19)22/h2-3,5,7,9-11,13,17,23,26H,4,6,8,12H2,1H3. The molecule has 27 heavy (non-hydrogen) atoms. The van der Waals surface area contributed by atoms with Crippen LogP contribution in [0.5, 0.6) is 11.5 Å². The van der Waals surface area contributed by atoms with Gasteiger partial charge in [0.15, 0.2) is 11.5 Å². The topological polar surface area (TPSA) is 59.3 Å². The van der Waals surface area contributed by atoms with Crippen LogP contribution < -0.4 is 10.1 Å². The number of hydrogen-bond donors (Lipinski definition) is 2. The van der Waals surface area contributed by atoms with Crippen LogP contribution >= 0.6 is 0 Å². The van der Waals surface area contributed by atoms with Gasteiger partial charge in [-0.2, -0.15) is 5.10 Å². The molecule has 0 radical (unpaired) electrons. The number of hydrogen-bond acceptors (Lipinski definition) is 4. The molecule has 5 nitrogen and oxygen atoms in total. The summed E-state index contributed by atoms with van der Waals surface area (Å²) in [5.41, 5.74) is 3.63. The van der Waals surface area contributed by atoms with E-state index in [0.29, 0.717) is 18.0 Å². The summed E-state index contributed by atoms with van der Waals surface area (Å²) < 4.78 is 21.0. The lowest BCUT2D eigenvalue weighted by molar-refractivity contribution is 0.372. The highest BCUT2D eigenvalue weighted by Gasteiger charge is 2.25. The van der Waals surface area contributed by atoms with Crippen molar-refractivity contribution in [2.24, 2.45) is 0 Å². The van der Waals surface area contributed by atoms with E-state index in [1.54, 1.807) is 28.9 Å². The summed E-state index contributed by atoms with van der Waals surface area (Å²) in [5.74, 6) is 0.325. The van der Waals surface area contributed by atoms with Crippen molar-refractivity contribution >= 4 is 0 Å². The Morgan fingerprint density at radius 2 is 2.15 bits per heavy atom. The van der Waals surface area contributed by atoms with Crippen LogP contribution in [0.4, 0.5) is 4.39 Å². The first-order valence-electron chi connectivity index (χ1n) is 9.08. The van der Waals surface area contributed by atoms with Crippen LogP contribution in [0.3, 0.4) is 0 Å². The molecule has 1 aliphatic rings. The SMILES string of the molecule is COc1ccc(CNC2CCCc3c2cnn3-c2ccccc2F)cc1O. The highest BCUT2D eigenvalue weighted by atomic mass is 19.1. The molecule has 0 saturated carbocycles. The molecule has 3 aromatic rings. The van der Waals surface area contributed by atoms with Gasteiger partial charge in [-0.05, 0) is 49.1 Å². The number of halogens is 1. The van der Waals surface area contributed by atoms with Crippen LogP contribution in [-0.4, -0.2) is 22.0 Å². The number of benzene rings is 2. The van der Waals surface area contributed by atoms with Gasteiger partial charge in [-0.15, -0.1) is 0 Å². The van der Waals surface area contributed by atoms with Crippen molar-refractivity contribution in [2.45, 2.75) is 31.8 Å². The van der Waals surface area contributed by atoms with E-state index in [2.05, 4.69) is 10.4 Å². The summed E-state index contributed by atoms with van der Waals surface area (Å²) >= 11 is 0. The number of nitrogens with zero attached hydrogens (tertiary/aromatic N) is 2. The van der Waals surface area contributed by atoms with Crippen LogP contribution in [0.15, 0.2) is 48.7 Å². The molecule has 0 aliphatic heterocycles. The third-order valence-electron chi connectivity index (χ3n) is 5.06. The number of para-hydroxylation sites is 1. The van der Waals surface area contributed by atoms with Crippen molar-refractivity contribution in [1.82, 2.24) is 15.1 Å². The molecule has 1 aliphatic carbocycles. The largest absolute Gasteiger partial charge is 0.504 e. The van der Waals surface area contributed by atoms with E-state index in [1.165, 1.54) is 13.2 Å². The number of phenolic OH excluding ortho intramolecular Hbond substituents is 1. The number of phenols is 1. The molecular formula is C21H22FN3O2. The van der Waals surface area contributed by atoms with Gasteiger partial charge in [-0.25, -0.2) is 9.07 Å². The van der Waals surface area contributed by atoms with E-state index < -0.39 is 0 Å². The molecular weight excluding hydrogens is 345 g/mol. The van der Waals surface area contributed by atoms with Crippen molar-refractivity contribution in [2.75, 3.05) is 7.11 Å². The monoisotopic (exact) mass is 367 g/mol. The minimum Gasteiger partial charge on any atom is -0.504 e. The van der Waals surface area contributed by atoms with Crippen molar-refractivity contribution in [3.63, 3.8) is 0 Å². The summed E-state index contributed by atoms with van der Waals surface area (Å²) in [6.07, 6.45) is 4.73. The van der Waals surface area contributed by atoms with E-state index in [1.807, 2.05) is 18.3 Å². The first-order chi connectivity index (χ1) is 13.2. The zero-order valence-corrected chi connectivity index (χ0v) is 15.2. The van der Waals surface area contributed by atoms with Crippen LogP contribution in [-0.2, 0) is 13.0 Å². The molecule has 6 heteroatoms. The Morgan fingerprint density at radius 1 is 1.30 bits per heavy atom. The molecule has 140 valence electrons. The number of aromatic nitrogens is 2. The second-order valence-electron chi connectivity index (χ2n) is 6.74. The number of ether oxygens (including phenoxy) is 1. The third kappa shape index (κ3) is 3.40. The summed E-state index contributed by atoms with van der Waals surface area (Å²) in [4.78, 5) is 0. The van der Waals surface area contributed by atoms with E-state index >= 15 is 0 Å². The molecule has 1 aromatic heterocycles. The van der Waals surface area contributed by atoms with Crippen LogP contribution in [0.1, 0.15) is 35.7 Å². The minimum atomic E-state index is -0.271. The molecule has 0 bridgehead atoms. The van der Waals surface area contributed by atoms with Crippen LogP contribution in [0.2, 0.25) is 0 Å². The normalized spacial score (nSPS) is 16.1. The molecule has 0 saturated heterocycles. The quantitative estimate of drug-likeness (QED) is 0.718. The third-order valence-corrected chi connectivity index (χ3v) is 5.06. The van der Waals surface area contributed by atoms with E-state index in [0.717, 1.165) is 36.1 Å². The highest BCUT2D eigenvalue weighted by molar-refractivity contribution is 5.42. The second kappa shape index (κ2) is 7.40. The Bertz CT molecular complexity index is 954. The Balaban J connectivity index is 1.54. The molecule has 2 aromatic carbocycles. The van der Waals surface area contributed by atoms with Gasteiger partial charge >= 0.3 is 0 Å². The van der Waals surface area contributed by atoms with Gasteiger partial charge in [0.1, 0.15) is 11.5 Å². The first-order valence-corrected chi connectivity index (χ1v) is 9.08. The first kappa shape index (κ1) is 17.5. The van der Waals surface area contributed by atoms with Gasteiger partial charge < -0.3 is 15.2 Å². The second-order valence-corrected chi connectivity index (χ2v) is 6.74. The summed E-state index contributed by atoms with van der Waals surface area (Å²) in [6, 6.07) is 12.3. The van der Waals surface area contributed by atoms with Crippen LogP contribution in [0, 0.1) is 5.82 Å². The van der Waals surface area contributed by atoms with Crippen molar-refractivity contribution in [3.8, 4) is 17.2 Å². The van der Waals surface area contributed by atoms with Gasteiger partial charge in [0.05, 0.1) is 13.3 Å². The molecule has 4 rings (SSSR count). The van der Waals surface area contributed by atoms with Crippen molar-refractivity contribution in [1.29, 1.82) is 0 Å². The maximum Gasteiger partial charge on any atom is 0.160 e. The number of rotatable bonds is 5. The van der Waals surface area contributed by atoms with Gasteiger partial charge in [-0.1, -0.05) is 18.2 Å². The summed E-state index contributed by atoms with van der Waals surface area (Å²) in [5, 5.41) is 17.9. The number of fused-ring (bicyclic) bond motifs is 1. The van der Waals surface area contributed by atoms with Gasteiger partial charge in [0.25, 0.3) is 0 Å². The van der Waals surface area contributed by atoms with Gasteiger partial charge in [-0.3, -0.25) is 0 Å². The molecule has 2 N–H and O–H groups in total. The summed E-state index contributed by atoms with van der Waals surface area (Å²) in [7, 11) is 1.53. The van der Waals surface area contributed by atoms with E-state index in [4.69, 9.17) is 4.74 Å². The maximum atomic E-state index is 14.2. The lowest BCUT2D eigenvalue weighted by Gasteiger charge is -2.24. The minimum absolute atomic E-state index is 0.133. The molecule has 0 spiro atoms. The zero-order chi connectivity index (χ0) is 18.8. The highest BCUT2D eigenvalue weighted by Crippen LogP contribution is 2.32. The maximum absolute atomic E-state index is 14.2. The molecule has 0 amide bonds. The van der Waals surface area contributed by atoms with E-state index in [-0.39, 0.29) is 17.6 Å². The molecule has 0 fully saturated rings.